The molecule has 7 nitrogen and oxygen atoms in total. The molecule has 0 bridgehead atoms. The number of amides is 1. The first kappa shape index (κ1) is 17.6. The SMILES string of the molecule is COc1cccc(C2=NO[C@H](C(=O)Nc3ccc(OC)c(OC)c3)C2)c1. The number of nitrogens with zero attached hydrogens (tertiary/aromatic N) is 1. The number of methoxy groups -OCH3 is 3. The highest BCUT2D eigenvalue weighted by Crippen LogP contribution is 2.30. The Morgan fingerprint density at radius 3 is 2.62 bits per heavy atom. The van der Waals surface area contributed by atoms with E-state index in [1.807, 2.05) is 24.3 Å². The summed E-state index contributed by atoms with van der Waals surface area (Å²) in [6, 6.07) is 12.6. The Balaban J connectivity index is 1.65. The van der Waals surface area contributed by atoms with Crippen LogP contribution < -0.4 is 19.5 Å². The Bertz CT molecular complexity index is 834. The first-order chi connectivity index (χ1) is 12.6. The van der Waals surface area contributed by atoms with Crippen LogP contribution >= 0.6 is 0 Å². The molecule has 1 atom stereocenters. The van der Waals surface area contributed by atoms with Gasteiger partial charge in [-0.15, -0.1) is 0 Å². The molecule has 1 aliphatic heterocycles. The van der Waals surface area contributed by atoms with E-state index in [2.05, 4.69) is 10.5 Å². The molecule has 0 aromatic heterocycles. The summed E-state index contributed by atoms with van der Waals surface area (Å²) in [5.74, 6) is 1.57. The van der Waals surface area contributed by atoms with Gasteiger partial charge in [0, 0.05) is 23.7 Å². The van der Waals surface area contributed by atoms with E-state index in [0.29, 0.717) is 29.3 Å². The summed E-state index contributed by atoms with van der Waals surface area (Å²) in [6.07, 6.45) is -0.309. The van der Waals surface area contributed by atoms with Crippen LogP contribution in [0.2, 0.25) is 0 Å². The molecule has 3 rings (SSSR count). The molecule has 0 saturated heterocycles. The fourth-order valence-corrected chi connectivity index (χ4v) is 2.63. The molecule has 1 heterocycles. The Labute approximate surface area is 151 Å². The van der Waals surface area contributed by atoms with Crippen molar-refractivity contribution in [3.63, 3.8) is 0 Å². The summed E-state index contributed by atoms with van der Waals surface area (Å²) < 4.78 is 15.6. The van der Waals surface area contributed by atoms with Crippen LogP contribution in [0.15, 0.2) is 47.6 Å². The summed E-state index contributed by atoms with van der Waals surface area (Å²) in [5, 5.41) is 6.85. The minimum atomic E-state index is -0.690. The van der Waals surface area contributed by atoms with Gasteiger partial charge in [0.25, 0.3) is 5.91 Å². The fraction of sp³-hybridized carbons (Fsp3) is 0.263. The van der Waals surface area contributed by atoms with Crippen molar-refractivity contribution in [1.29, 1.82) is 0 Å². The Kier molecular flexibility index (Phi) is 5.26. The Morgan fingerprint density at radius 2 is 1.88 bits per heavy atom. The molecule has 1 aliphatic rings. The van der Waals surface area contributed by atoms with Crippen molar-refractivity contribution < 1.29 is 23.8 Å². The maximum Gasteiger partial charge on any atom is 0.268 e. The lowest BCUT2D eigenvalue weighted by molar-refractivity contribution is -0.125. The third-order valence-electron chi connectivity index (χ3n) is 4.02. The molecular formula is C19H20N2O5. The highest BCUT2D eigenvalue weighted by atomic mass is 16.6. The van der Waals surface area contributed by atoms with Crippen LogP contribution in [0.1, 0.15) is 12.0 Å². The molecule has 1 amide bonds. The van der Waals surface area contributed by atoms with E-state index in [1.54, 1.807) is 32.4 Å². The lowest BCUT2D eigenvalue weighted by Crippen LogP contribution is -2.28. The number of carbonyl (C=O) groups is 1. The van der Waals surface area contributed by atoms with Crippen molar-refractivity contribution in [2.24, 2.45) is 5.16 Å². The third-order valence-corrected chi connectivity index (χ3v) is 4.02. The molecule has 136 valence electrons. The van der Waals surface area contributed by atoms with E-state index in [4.69, 9.17) is 19.0 Å². The molecular weight excluding hydrogens is 336 g/mol. The zero-order valence-corrected chi connectivity index (χ0v) is 14.8. The van der Waals surface area contributed by atoms with Crippen molar-refractivity contribution >= 4 is 17.3 Å². The van der Waals surface area contributed by atoms with E-state index in [-0.39, 0.29) is 5.91 Å². The summed E-state index contributed by atoms with van der Waals surface area (Å²) >= 11 is 0. The van der Waals surface area contributed by atoms with E-state index >= 15 is 0 Å². The first-order valence-electron chi connectivity index (χ1n) is 8.04. The predicted octanol–water partition coefficient (Wildman–Crippen LogP) is 2.84. The number of ether oxygens (including phenoxy) is 3. The number of oxime groups is 1. The van der Waals surface area contributed by atoms with Crippen molar-refractivity contribution in [3.05, 3.63) is 48.0 Å². The lowest BCUT2D eigenvalue weighted by Gasteiger charge is -2.12. The van der Waals surface area contributed by atoms with Crippen LogP contribution in [0, 0.1) is 0 Å². The van der Waals surface area contributed by atoms with Crippen molar-refractivity contribution in [2.45, 2.75) is 12.5 Å². The molecule has 0 spiro atoms. The van der Waals surface area contributed by atoms with E-state index < -0.39 is 6.10 Å². The van der Waals surface area contributed by atoms with Crippen LogP contribution in [0.25, 0.3) is 0 Å². The second kappa shape index (κ2) is 7.77. The van der Waals surface area contributed by atoms with Crippen LogP contribution in [-0.4, -0.2) is 39.1 Å². The van der Waals surface area contributed by atoms with Crippen LogP contribution in [0.4, 0.5) is 5.69 Å². The summed E-state index contributed by atoms with van der Waals surface area (Å²) in [4.78, 5) is 17.8. The highest BCUT2D eigenvalue weighted by Gasteiger charge is 2.29. The topological polar surface area (TPSA) is 78.4 Å². The largest absolute Gasteiger partial charge is 0.497 e. The number of carbonyl (C=O) groups excluding carboxylic acids is 1. The molecule has 0 radical (unpaired) electrons. The molecule has 7 heteroatoms. The van der Waals surface area contributed by atoms with Gasteiger partial charge in [0.15, 0.2) is 11.5 Å². The van der Waals surface area contributed by atoms with Crippen LogP contribution in [0.3, 0.4) is 0 Å². The minimum absolute atomic E-state index is 0.279. The van der Waals surface area contributed by atoms with Gasteiger partial charge in [-0.25, -0.2) is 0 Å². The number of rotatable bonds is 6. The van der Waals surface area contributed by atoms with Gasteiger partial charge >= 0.3 is 0 Å². The maximum atomic E-state index is 12.5. The Morgan fingerprint density at radius 1 is 1.08 bits per heavy atom. The average Bonchev–Trinajstić information content (AvgIpc) is 3.18. The van der Waals surface area contributed by atoms with Gasteiger partial charge < -0.3 is 24.4 Å². The standard InChI is InChI=1S/C19H20N2O5/c1-23-14-6-4-5-12(9-14)15-11-18(26-21-15)19(22)20-13-7-8-16(24-2)17(10-13)25-3/h4-10,18H,11H2,1-3H3,(H,20,22)/t18-/m0/s1. The molecule has 0 fully saturated rings. The van der Waals surface area contributed by atoms with Gasteiger partial charge in [0.2, 0.25) is 6.10 Å². The van der Waals surface area contributed by atoms with Gasteiger partial charge in [-0.1, -0.05) is 17.3 Å². The zero-order chi connectivity index (χ0) is 18.5. The van der Waals surface area contributed by atoms with Crippen LogP contribution in [0.5, 0.6) is 17.2 Å². The fourth-order valence-electron chi connectivity index (χ4n) is 2.63. The number of hydrogen-bond donors (Lipinski definition) is 1. The molecule has 0 unspecified atom stereocenters. The van der Waals surface area contributed by atoms with Gasteiger partial charge in [-0.2, -0.15) is 0 Å². The van der Waals surface area contributed by atoms with Crippen molar-refractivity contribution in [3.8, 4) is 17.2 Å². The smallest absolute Gasteiger partial charge is 0.268 e. The molecule has 0 aliphatic carbocycles. The van der Waals surface area contributed by atoms with Gasteiger partial charge in [-0.05, 0) is 24.3 Å². The van der Waals surface area contributed by atoms with Gasteiger partial charge in [-0.3, -0.25) is 4.79 Å². The number of benzene rings is 2. The number of nitrogens with one attached hydrogen (secondary N) is 1. The van der Waals surface area contributed by atoms with Gasteiger partial charge in [0.1, 0.15) is 5.75 Å². The van der Waals surface area contributed by atoms with Gasteiger partial charge in [0.05, 0.1) is 27.0 Å². The number of hydrogen-bond acceptors (Lipinski definition) is 6. The Hall–Kier alpha value is -3.22. The van der Waals surface area contributed by atoms with Crippen molar-refractivity contribution in [1.82, 2.24) is 0 Å². The van der Waals surface area contributed by atoms with E-state index in [1.165, 1.54) is 7.11 Å². The van der Waals surface area contributed by atoms with Crippen molar-refractivity contribution in [2.75, 3.05) is 26.6 Å². The summed E-state index contributed by atoms with van der Waals surface area (Å²) in [6.45, 7) is 0. The maximum absolute atomic E-state index is 12.5. The molecule has 0 saturated carbocycles. The van der Waals surface area contributed by atoms with Crippen LogP contribution in [-0.2, 0) is 9.63 Å². The lowest BCUT2D eigenvalue weighted by atomic mass is 10.0. The summed E-state index contributed by atoms with van der Waals surface area (Å²) in [5.41, 5.74) is 2.16. The zero-order valence-electron chi connectivity index (χ0n) is 14.8. The molecule has 2 aromatic carbocycles. The molecule has 26 heavy (non-hydrogen) atoms. The molecule has 2 aromatic rings. The average molecular weight is 356 g/mol. The van der Waals surface area contributed by atoms with E-state index in [9.17, 15) is 4.79 Å². The minimum Gasteiger partial charge on any atom is -0.497 e. The normalized spacial score (nSPS) is 15.7. The second-order valence-electron chi connectivity index (χ2n) is 5.63. The highest BCUT2D eigenvalue weighted by molar-refractivity contribution is 6.06. The monoisotopic (exact) mass is 356 g/mol. The predicted molar refractivity (Wildman–Crippen MR) is 97.2 cm³/mol. The quantitative estimate of drug-likeness (QED) is 0.861. The molecule has 1 N–H and O–H groups in total. The third kappa shape index (κ3) is 3.72. The second-order valence-corrected chi connectivity index (χ2v) is 5.63. The first-order valence-corrected chi connectivity index (χ1v) is 8.04. The summed E-state index contributed by atoms with van der Waals surface area (Å²) in [7, 11) is 4.70. The van der Waals surface area contributed by atoms with E-state index in [0.717, 1.165) is 11.3 Å². The number of anilines is 1.